The second kappa shape index (κ2) is 7.91. The van der Waals surface area contributed by atoms with Crippen LogP contribution in [0.15, 0.2) is 78.9 Å². The van der Waals surface area contributed by atoms with Crippen molar-refractivity contribution in [1.82, 2.24) is 4.90 Å². The van der Waals surface area contributed by atoms with Crippen LogP contribution in [0, 0.1) is 5.92 Å². The van der Waals surface area contributed by atoms with Crippen molar-refractivity contribution in [3.63, 3.8) is 0 Å². The van der Waals surface area contributed by atoms with Crippen molar-refractivity contribution in [3.05, 3.63) is 95.6 Å². The van der Waals surface area contributed by atoms with Crippen LogP contribution in [0.3, 0.4) is 0 Å². The van der Waals surface area contributed by atoms with E-state index in [-0.39, 0.29) is 25.0 Å². The molecule has 31 heavy (non-hydrogen) atoms. The molecule has 0 spiro atoms. The van der Waals surface area contributed by atoms with Crippen molar-refractivity contribution < 1.29 is 19.4 Å². The van der Waals surface area contributed by atoms with Crippen LogP contribution in [-0.4, -0.2) is 41.8 Å². The molecule has 1 aliphatic heterocycles. The van der Waals surface area contributed by atoms with Crippen molar-refractivity contribution in [3.8, 4) is 11.1 Å². The Morgan fingerprint density at radius 2 is 1.42 bits per heavy atom. The van der Waals surface area contributed by atoms with E-state index < -0.39 is 18.0 Å². The summed E-state index contributed by atoms with van der Waals surface area (Å²) in [6.07, 6.45) is -0.452. The Labute approximate surface area is 180 Å². The summed E-state index contributed by atoms with van der Waals surface area (Å²) in [6.45, 7) is 0.736. The lowest BCUT2D eigenvalue weighted by molar-refractivity contribution is -0.141. The second-order valence-electron chi connectivity index (χ2n) is 8.17. The molecule has 0 radical (unpaired) electrons. The monoisotopic (exact) mass is 413 g/mol. The van der Waals surface area contributed by atoms with Crippen molar-refractivity contribution in [1.29, 1.82) is 0 Å². The van der Waals surface area contributed by atoms with Crippen LogP contribution < -0.4 is 0 Å². The van der Waals surface area contributed by atoms with Gasteiger partial charge in [-0.25, -0.2) is 4.79 Å². The Balaban J connectivity index is 1.32. The van der Waals surface area contributed by atoms with E-state index in [1.165, 1.54) is 16.0 Å². The summed E-state index contributed by atoms with van der Waals surface area (Å²) >= 11 is 0. The van der Waals surface area contributed by atoms with E-state index >= 15 is 0 Å². The summed E-state index contributed by atoms with van der Waals surface area (Å²) in [6, 6.07) is 25.9. The smallest absolute Gasteiger partial charge is 0.409 e. The topological polar surface area (TPSA) is 66.8 Å². The van der Waals surface area contributed by atoms with E-state index in [0.29, 0.717) is 6.54 Å². The van der Waals surface area contributed by atoms with Crippen LogP contribution in [0.4, 0.5) is 4.79 Å². The van der Waals surface area contributed by atoms with Gasteiger partial charge in [-0.3, -0.25) is 4.79 Å². The molecule has 0 bridgehead atoms. The van der Waals surface area contributed by atoms with Crippen molar-refractivity contribution >= 4 is 12.1 Å². The molecule has 1 saturated heterocycles. The van der Waals surface area contributed by atoms with Gasteiger partial charge < -0.3 is 14.7 Å². The Morgan fingerprint density at radius 3 is 2.03 bits per heavy atom. The van der Waals surface area contributed by atoms with Crippen LogP contribution in [-0.2, 0) is 9.53 Å². The number of rotatable bonds is 4. The minimum Gasteiger partial charge on any atom is -0.481 e. The number of benzene rings is 3. The van der Waals surface area contributed by atoms with E-state index in [1.807, 2.05) is 54.6 Å². The molecular weight excluding hydrogens is 390 g/mol. The molecule has 0 saturated carbocycles. The number of fused-ring (bicyclic) bond motifs is 3. The van der Waals surface area contributed by atoms with Crippen molar-refractivity contribution in [2.45, 2.75) is 11.8 Å². The number of hydrogen-bond acceptors (Lipinski definition) is 3. The van der Waals surface area contributed by atoms with Gasteiger partial charge in [0.1, 0.15) is 6.61 Å². The summed E-state index contributed by atoms with van der Waals surface area (Å²) in [5.41, 5.74) is 5.60. The minimum absolute atomic E-state index is 0.0147. The fourth-order valence-corrected chi connectivity index (χ4v) is 4.93. The van der Waals surface area contributed by atoms with Gasteiger partial charge in [0.25, 0.3) is 0 Å². The molecule has 1 N–H and O–H groups in total. The molecule has 1 aliphatic carbocycles. The molecule has 5 heteroatoms. The zero-order chi connectivity index (χ0) is 21.4. The number of carboxylic acids is 1. The van der Waals surface area contributed by atoms with Gasteiger partial charge in [0.05, 0.1) is 5.92 Å². The number of likely N-dealkylation sites (tertiary alicyclic amines) is 1. The average Bonchev–Trinajstić information content (AvgIpc) is 3.39. The molecule has 2 unspecified atom stereocenters. The van der Waals surface area contributed by atoms with Crippen molar-refractivity contribution in [2.24, 2.45) is 5.92 Å². The first-order valence-corrected chi connectivity index (χ1v) is 10.5. The molecule has 0 aromatic heterocycles. The van der Waals surface area contributed by atoms with Gasteiger partial charge in [0.2, 0.25) is 0 Å². The first-order chi connectivity index (χ1) is 15.1. The Hall–Kier alpha value is -3.60. The van der Waals surface area contributed by atoms with E-state index in [2.05, 4.69) is 24.3 Å². The zero-order valence-corrected chi connectivity index (χ0v) is 17.0. The number of ether oxygens (including phenoxy) is 1. The van der Waals surface area contributed by atoms with E-state index in [4.69, 9.17) is 4.74 Å². The third kappa shape index (κ3) is 3.46. The number of carbonyl (C=O) groups excluding carboxylic acids is 1. The van der Waals surface area contributed by atoms with E-state index in [0.717, 1.165) is 16.7 Å². The normalized spacial score (nSPS) is 19.7. The first kappa shape index (κ1) is 19.4. The molecule has 5 nitrogen and oxygen atoms in total. The predicted octanol–water partition coefficient (Wildman–Crippen LogP) is 4.74. The Bertz CT molecular complexity index is 1080. The highest BCUT2D eigenvalue weighted by atomic mass is 16.6. The summed E-state index contributed by atoms with van der Waals surface area (Å²) in [7, 11) is 0. The highest BCUT2D eigenvalue weighted by molar-refractivity contribution is 5.79. The van der Waals surface area contributed by atoms with Gasteiger partial charge in [-0.15, -0.1) is 0 Å². The molecular formula is C26H23NO4. The molecule has 3 aromatic rings. The molecule has 2 atom stereocenters. The minimum atomic E-state index is -0.886. The standard InChI is InChI=1S/C26H23NO4/c28-25(29)23-15-27(14-22(23)17-8-2-1-3-9-17)26(30)31-16-24-20-12-6-4-10-18(20)19-11-5-7-13-21(19)24/h1-13,22-24H,14-16H2,(H,28,29). The Morgan fingerprint density at radius 1 is 0.839 bits per heavy atom. The number of amides is 1. The third-order valence-corrected chi connectivity index (χ3v) is 6.46. The van der Waals surface area contributed by atoms with Gasteiger partial charge in [-0.1, -0.05) is 78.9 Å². The number of carbonyl (C=O) groups is 2. The quantitative estimate of drug-likeness (QED) is 0.671. The maximum Gasteiger partial charge on any atom is 0.409 e. The highest BCUT2D eigenvalue weighted by Gasteiger charge is 2.41. The van der Waals surface area contributed by atoms with Crippen molar-refractivity contribution in [2.75, 3.05) is 19.7 Å². The summed E-state index contributed by atoms with van der Waals surface area (Å²) in [5.74, 6) is -1.77. The lowest BCUT2D eigenvalue weighted by Gasteiger charge is -2.19. The lowest BCUT2D eigenvalue weighted by Crippen LogP contribution is -2.31. The van der Waals surface area contributed by atoms with Gasteiger partial charge in [-0.2, -0.15) is 0 Å². The lowest BCUT2D eigenvalue weighted by atomic mass is 9.89. The largest absolute Gasteiger partial charge is 0.481 e. The van der Waals surface area contributed by atoms with Crippen LogP contribution in [0.1, 0.15) is 28.5 Å². The molecule has 1 fully saturated rings. The molecule has 2 aliphatic rings. The SMILES string of the molecule is O=C(O)C1CN(C(=O)OCC2c3ccccc3-c3ccccc32)CC1c1ccccc1. The first-order valence-electron chi connectivity index (χ1n) is 10.5. The molecule has 3 aromatic carbocycles. The highest BCUT2D eigenvalue weighted by Crippen LogP contribution is 2.44. The van der Waals surface area contributed by atoms with Crippen LogP contribution in [0.5, 0.6) is 0 Å². The summed E-state index contributed by atoms with van der Waals surface area (Å²) in [4.78, 5) is 26.2. The van der Waals surface area contributed by atoms with Crippen LogP contribution in [0.25, 0.3) is 11.1 Å². The summed E-state index contributed by atoms with van der Waals surface area (Å²) < 4.78 is 5.73. The average molecular weight is 413 g/mol. The fourth-order valence-electron chi connectivity index (χ4n) is 4.93. The van der Waals surface area contributed by atoms with Gasteiger partial charge in [0.15, 0.2) is 0 Å². The van der Waals surface area contributed by atoms with E-state index in [1.54, 1.807) is 0 Å². The van der Waals surface area contributed by atoms with Gasteiger partial charge >= 0.3 is 12.1 Å². The number of aliphatic carboxylic acids is 1. The molecule has 1 heterocycles. The maximum absolute atomic E-state index is 12.9. The molecule has 1 amide bonds. The summed E-state index contributed by atoms with van der Waals surface area (Å²) in [5, 5.41) is 9.69. The van der Waals surface area contributed by atoms with Gasteiger partial charge in [-0.05, 0) is 27.8 Å². The molecule has 156 valence electrons. The fraction of sp³-hybridized carbons (Fsp3) is 0.231. The number of nitrogens with zero attached hydrogens (tertiary/aromatic N) is 1. The second-order valence-corrected chi connectivity index (χ2v) is 8.17. The number of hydrogen-bond donors (Lipinski definition) is 1. The Kier molecular flexibility index (Phi) is 4.94. The van der Waals surface area contributed by atoms with E-state index in [9.17, 15) is 14.7 Å². The number of carboxylic acid groups (broad SMARTS) is 1. The van der Waals surface area contributed by atoms with Crippen LogP contribution in [0.2, 0.25) is 0 Å². The third-order valence-electron chi connectivity index (χ3n) is 6.46. The zero-order valence-electron chi connectivity index (χ0n) is 17.0. The van der Waals surface area contributed by atoms with Crippen LogP contribution >= 0.6 is 0 Å². The van der Waals surface area contributed by atoms with Gasteiger partial charge in [0, 0.05) is 24.9 Å². The predicted molar refractivity (Wildman–Crippen MR) is 117 cm³/mol. The maximum atomic E-state index is 12.9. The molecule has 5 rings (SSSR count).